The summed E-state index contributed by atoms with van der Waals surface area (Å²) < 4.78 is 0. The third-order valence-electron chi connectivity index (χ3n) is 3.06. The SMILES string of the molecule is O=C(CCNc1c(Cl)cccc1Cl)N1CCCC1. The molecule has 5 heteroatoms. The number of carbonyl (C=O) groups is 1. The fraction of sp³-hybridized carbons (Fsp3) is 0.462. The van der Waals surface area contributed by atoms with Gasteiger partial charge in [0, 0.05) is 26.1 Å². The van der Waals surface area contributed by atoms with E-state index in [0.717, 1.165) is 25.9 Å². The summed E-state index contributed by atoms with van der Waals surface area (Å²) in [6.45, 7) is 2.34. The average molecular weight is 287 g/mol. The summed E-state index contributed by atoms with van der Waals surface area (Å²) in [6.07, 6.45) is 2.71. The molecule has 0 radical (unpaired) electrons. The molecule has 0 atom stereocenters. The van der Waals surface area contributed by atoms with E-state index in [9.17, 15) is 4.79 Å². The summed E-state index contributed by atoms with van der Waals surface area (Å²) in [4.78, 5) is 13.7. The first kappa shape index (κ1) is 13.5. The normalized spacial score (nSPS) is 14.9. The van der Waals surface area contributed by atoms with Gasteiger partial charge in [0.2, 0.25) is 5.91 Å². The van der Waals surface area contributed by atoms with Crippen LogP contribution in [0, 0.1) is 0 Å². The molecule has 0 aromatic heterocycles. The molecule has 1 aromatic rings. The largest absolute Gasteiger partial charge is 0.382 e. The third kappa shape index (κ3) is 3.30. The first-order valence-corrected chi connectivity index (χ1v) is 6.90. The number of carbonyl (C=O) groups excluding carboxylic acids is 1. The number of anilines is 1. The average Bonchev–Trinajstić information content (AvgIpc) is 2.86. The van der Waals surface area contributed by atoms with Crippen LogP contribution in [0.4, 0.5) is 5.69 Å². The van der Waals surface area contributed by atoms with Crippen molar-refractivity contribution in [1.82, 2.24) is 4.90 Å². The number of amides is 1. The molecule has 1 saturated heterocycles. The highest BCUT2D eigenvalue weighted by Crippen LogP contribution is 2.29. The highest BCUT2D eigenvalue weighted by atomic mass is 35.5. The van der Waals surface area contributed by atoms with Gasteiger partial charge in [0.15, 0.2) is 0 Å². The first-order chi connectivity index (χ1) is 8.68. The highest BCUT2D eigenvalue weighted by molar-refractivity contribution is 6.39. The van der Waals surface area contributed by atoms with Gasteiger partial charge in [-0.05, 0) is 25.0 Å². The molecule has 0 spiro atoms. The van der Waals surface area contributed by atoms with Crippen molar-refractivity contribution in [2.24, 2.45) is 0 Å². The minimum atomic E-state index is 0.197. The molecule has 0 bridgehead atoms. The number of hydrogen-bond acceptors (Lipinski definition) is 2. The molecule has 0 aliphatic carbocycles. The van der Waals surface area contributed by atoms with Gasteiger partial charge in [-0.3, -0.25) is 4.79 Å². The van der Waals surface area contributed by atoms with Gasteiger partial charge in [-0.1, -0.05) is 29.3 Å². The minimum Gasteiger partial charge on any atom is -0.382 e. The molecule has 1 aliphatic heterocycles. The Hall–Kier alpha value is -0.930. The molecular formula is C13H16Cl2N2O. The van der Waals surface area contributed by atoms with Crippen LogP contribution in [0.3, 0.4) is 0 Å². The molecular weight excluding hydrogens is 271 g/mol. The Morgan fingerprint density at radius 3 is 2.44 bits per heavy atom. The van der Waals surface area contributed by atoms with Gasteiger partial charge in [0.25, 0.3) is 0 Å². The van der Waals surface area contributed by atoms with E-state index >= 15 is 0 Å². The summed E-state index contributed by atoms with van der Waals surface area (Å²) in [5, 5.41) is 4.28. The van der Waals surface area contributed by atoms with Gasteiger partial charge in [-0.15, -0.1) is 0 Å². The van der Waals surface area contributed by atoms with Crippen molar-refractivity contribution in [3.63, 3.8) is 0 Å². The van der Waals surface area contributed by atoms with E-state index < -0.39 is 0 Å². The number of benzene rings is 1. The van der Waals surface area contributed by atoms with Crippen LogP contribution in [0.2, 0.25) is 10.0 Å². The fourth-order valence-corrected chi connectivity index (χ4v) is 2.62. The lowest BCUT2D eigenvalue weighted by molar-refractivity contribution is -0.129. The van der Waals surface area contributed by atoms with Gasteiger partial charge in [0.05, 0.1) is 15.7 Å². The van der Waals surface area contributed by atoms with Crippen LogP contribution < -0.4 is 5.32 Å². The van der Waals surface area contributed by atoms with Crippen LogP contribution in [0.1, 0.15) is 19.3 Å². The topological polar surface area (TPSA) is 32.3 Å². The van der Waals surface area contributed by atoms with Gasteiger partial charge >= 0.3 is 0 Å². The summed E-state index contributed by atoms with van der Waals surface area (Å²) >= 11 is 12.1. The number of likely N-dealkylation sites (tertiary alicyclic amines) is 1. The Balaban J connectivity index is 1.83. The lowest BCUT2D eigenvalue weighted by Crippen LogP contribution is -2.29. The quantitative estimate of drug-likeness (QED) is 0.920. The van der Waals surface area contributed by atoms with E-state index in [1.807, 2.05) is 4.90 Å². The zero-order valence-electron chi connectivity index (χ0n) is 10.1. The van der Waals surface area contributed by atoms with Crippen molar-refractivity contribution >= 4 is 34.8 Å². The van der Waals surface area contributed by atoms with Gasteiger partial charge in [-0.25, -0.2) is 0 Å². The molecule has 1 heterocycles. The summed E-state index contributed by atoms with van der Waals surface area (Å²) in [6, 6.07) is 5.35. The maximum atomic E-state index is 11.8. The van der Waals surface area contributed by atoms with Crippen LogP contribution in [0.15, 0.2) is 18.2 Å². The molecule has 1 amide bonds. The summed E-state index contributed by atoms with van der Waals surface area (Å²) in [5.74, 6) is 0.197. The third-order valence-corrected chi connectivity index (χ3v) is 3.69. The lowest BCUT2D eigenvalue weighted by atomic mass is 10.3. The Bertz CT molecular complexity index is 411. The predicted octanol–water partition coefficient (Wildman–Crippen LogP) is 3.42. The van der Waals surface area contributed by atoms with E-state index in [-0.39, 0.29) is 5.91 Å². The van der Waals surface area contributed by atoms with Crippen LogP contribution in [0.25, 0.3) is 0 Å². The number of rotatable bonds is 4. The number of halogens is 2. The minimum absolute atomic E-state index is 0.197. The summed E-state index contributed by atoms with van der Waals surface area (Å²) in [7, 11) is 0. The van der Waals surface area contributed by atoms with Gasteiger partial charge < -0.3 is 10.2 Å². The van der Waals surface area contributed by atoms with Crippen LogP contribution >= 0.6 is 23.2 Å². The Kier molecular flexibility index (Phi) is 4.72. The van der Waals surface area contributed by atoms with E-state index in [4.69, 9.17) is 23.2 Å². The smallest absolute Gasteiger partial charge is 0.224 e. The molecule has 18 heavy (non-hydrogen) atoms. The van der Waals surface area contributed by atoms with E-state index in [0.29, 0.717) is 28.7 Å². The maximum absolute atomic E-state index is 11.8. The van der Waals surface area contributed by atoms with Crippen molar-refractivity contribution in [3.8, 4) is 0 Å². The number of hydrogen-bond donors (Lipinski definition) is 1. The van der Waals surface area contributed by atoms with Crippen LogP contribution in [-0.4, -0.2) is 30.4 Å². The highest BCUT2D eigenvalue weighted by Gasteiger charge is 2.17. The zero-order valence-corrected chi connectivity index (χ0v) is 11.6. The Labute approximate surface area is 117 Å². The number of para-hydroxylation sites is 1. The Morgan fingerprint density at radius 1 is 1.22 bits per heavy atom. The second-order valence-corrected chi connectivity index (χ2v) is 5.18. The molecule has 2 rings (SSSR count). The summed E-state index contributed by atoms with van der Waals surface area (Å²) in [5.41, 5.74) is 0.704. The zero-order chi connectivity index (χ0) is 13.0. The molecule has 3 nitrogen and oxygen atoms in total. The second-order valence-electron chi connectivity index (χ2n) is 4.36. The molecule has 1 fully saturated rings. The Morgan fingerprint density at radius 2 is 1.83 bits per heavy atom. The van der Waals surface area contributed by atoms with Gasteiger partial charge in [0.1, 0.15) is 0 Å². The van der Waals surface area contributed by atoms with Crippen LogP contribution in [0.5, 0.6) is 0 Å². The van der Waals surface area contributed by atoms with E-state index in [2.05, 4.69) is 5.32 Å². The van der Waals surface area contributed by atoms with E-state index in [1.165, 1.54) is 0 Å². The fourth-order valence-electron chi connectivity index (χ4n) is 2.09. The van der Waals surface area contributed by atoms with Crippen molar-refractivity contribution in [1.29, 1.82) is 0 Å². The van der Waals surface area contributed by atoms with Crippen molar-refractivity contribution in [2.75, 3.05) is 25.0 Å². The van der Waals surface area contributed by atoms with Crippen molar-refractivity contribution in [3.05, 3.63) is 28.2 Å². The molecule has 1 N–H and O–H groups in total. The molecule has 1 aliphatic rings. The predicted molar refractivity (Wildman–Crippen MR) is 75.4 cm³/mol. The lowest BCUT2D eigenvalue weighted by Gasteiger charge is -2.16. The number of nitrogens with zero attached hydrogens (tertiary/aromatic N) is 1. The van der Waals surface area contributed by atoms with E-state index in [1.54, 1.807) is 18.2 Å². The number of nitrogens with one attached hydrogen (secondary N) is 1. The maximum Gasteiger partial charge on any atom is 0.224 e. The first-order valence-electron chi connectivity index (χ1n) is 6.14. The van der Waals surface area contributed by atoms with Crippen molar-refractivity contribution < 1.29 is 4.79 Å². The second kappa shape index (κ2) is 6.30. The van der Waals surface area contributed by atoms with Gasteiger partial charge in [-0.2, -0.15) is 0 Å². The molecule has 0 saturated carbocycles. The van der Waals surface area contributed by atoms with Crippen molar-refractivity contribution in [2.45, 2.75) is 19.3 Å². The molecule has 98 valence electrons. The molecule has 0 unspecified atom stereocenters. The monoisotopic (exact) mass is 286 g/mol. The standard InChI is InChI=1S/C13H16Cl2N2O/c14-10-4-3-5-11(15)13(10)16-7-6-12(18)17-8-1-2-9-17/h3-5,16H,1-2,6-9H2. The molecule has 1 aromatic carbocycles. The van der Waals surface area contributed by atoms with Crippen LogP contribution in [-0.2, 0) is 4.79 Å².